The fraction of sp³-hybridized carbons (Fsp3) is 0.0714. The normalized spacial score (nSPS) is 10.2. The minimum absolute atomic E-state index is 0.266. The predicted octanol–water partition coefficient (Wildman–Crippen LogP) is 3.68. The van der Waals surface area contributed by atoms with Crippen molar-refractivity contribution < 1.29 is 10.0 Å². The number of carbonyl (C=O) groups is 1. The Morgan fingerprint density at radius 2 is 1.72 bits per heavy atom. The highest BCUT2D eigenvalue weighted by molar-refractivity contribution is 6.34. The topological polar surface area (TPSA) is 40.5 Å². The number of rotatable bonds is 2. The zero-order valence-electron chi connectivity index (χ0n) is 9.80. The van der Waals surface area contributed by atoms with Crippen LogP contribution in [0.3, 0.4) is 0 Å². The highest BCUT2D eigenvalue weighted by atomic mass is 35.5. The Morgan fingerprint density at radius 3 is 2.33 bits per heavy atom. The van der Waals surface area contributed by atoms with E-state index in [0.29, 0.717) is 15.8 Å². The molecule has 4 heteroatoms. The number of benzene rings is 2. The van der Waals surface area contributed by atoms with Gasteiger partial charge in [0.2, 0.25) is 0 Å². The molecule has 0 aliphatic carbocycles. The lowest BCUT2D eigenvalue weighted by atomic mass is 10.2. The van der Waals surface area contributed by atoms with Crippen molar-refractivity contribution in [1.29, 1.82) is 0 Å². The lowest BCUT2D eigenvalue weighted by molar-refractivity contribution is 0.0855. The van der Waals surface area contributed by atoms with Crippen LogP contribution in [0, 0.1) is 6.92 Å². The van der Waals surface area contributed by atoms with Gasteiger partial charge in [-0.1, -0.05) is 41.4 Å². The van der Waals surface area contributed by atoms with Gasteiger partial charge < -0.3 is 0 Å². The molecule has 0 atom stereocenters. The van der Waals surface area contributed by atoms with Gasteiger partial charge in [0.15, 0.2) is 0 Å². The molecule has 0 bridgehead atoms. The standard InChI is InChI=1S/C14H12ClNO2/c1-10-6-8-11(9-7-10)16(18)14(17)12-4-2-3-5-13(12)15/h2-9,18H,1H3. The number of carbonyl (C=O) groups excluding carboxylic acids is 1. The minimum atomic E-state index is -0.551. The summed E-state index contributed by atoms with van der Waals surface area (Å²) in [7, 11) is 0. The van der Waals surface area contributed by atoms with E-state index < -0.39 is 5.91 Å². The molecular formula is C14H12ClNO2. The van der Waals surface area contributed by atoms with Crippen molar-refractivity contribution in [2.45, 2.75) is 6.92 Å². The fourth-order valence-electron chi connectivity index (χ4n) is 1.55. The average molecular weight is 262 g/mol. The maximum Gasteiger partial charge on any atom is 0.283 e. The number of anilines is 1. The molecule has 2 rings (SSSR count). The molecule has 18 heavy (non-hydrogen) atoms. The first-order chi connectivity index (χ1) is 8.59. The quantitative estimate of drug-likeness (QED) is 0.662. The van der Waals surface area contributed by atoms with Crippen LogP contribution in [0.5, 0.6) is 0 Å². The van der Waals surface area contributed by atoms with Gasteiger partial charge in [-0.3, -0.25) is 10.0 Å². The Hall–Kier alpha value is -1.84. The van der Waals surface area contributed by atoms with Crippen LogP contribution in [0.15, 0.2) is 48.5 Å². The lowest BCUT2D eigenvalue weighted by Crippen LogP contribution is -2.27. The highest BCUT2D eigenvalue weighted by Gasteiger charge is 2.17. The SMILES string of the molecule is Cc1ccc(N(O)C(=O)c2ccccc2Cl)cc1. The Morgan fingerprint density at radius 1 is 1.11 bits per heavy atom. The summed E-state index contributed by atoms with van der Waals surface area (Å²) in [6.07, 6.45) is 0. The molecule has 0 unspecified atom stereocenters. The maximum absolute atomic E-state index is 12.0. The second-order valence-corrected chi connectivity index (χ2v) is 4.34. The van der Waals surface area contributed by atoms with Crippen molar-refractivity contribution in [2.24, 2.45) is 0 Å². The van der Waals surface area contributed by atoms with Crippen molar-refractivity contribution in [3.8, 4) is 0 Å². The molecule has 0 fully saturated rings. The molecule has 0 saturated carbocycles. The third-order valence-corrected chi connectivity index (χ3v) is 2.90. The van der Waals surface area contributed by atoms with Crippen LogP contribution in [0.4, 0.5) is 5.69 Å². The van der Waals surface area contributed by atoms with E-state index in [4.69, 9.17) is 11.6 Å². The van der Waals surface area contributed by atoms with Gasteiger partial charge >= 0.3 is 0 Å². The highest BCUT2D eigenvalue weighted by Crippen LogP contribution is 2.20. The van der Waals surface area contributed by atoms with E-state index in [2.05, 4.69) is 0 Å². The number of nitrogens with zero attached hydrogens (tertiary/aromatic N) is 1. The first kappa shape index (κ1) is 12.6. The zero-order chi connectivity index (χ0) is 13.1. The van der Waals surface area contributed by atoms with Crippen LogP contribution < -0.4 is 5.06 Å². The summed E-state index contributed by atoms with van der Waals surface area (Å²) >= 11 is 5.92. The third kappa shape index (κ3) is 2.53. The molecule has 0 saturated heterocycles. The molecule has 1 N–H and O–H groups in total. The Bertz CT molecular complexity index is 566. The predicted molar refractivity (Wildman–Crippen MR) is 71.2 cm³/mol. The molecule has 0 spiro atoms. The Kier molecular flexibility index (Phi) is 3.65. The van der Waals surface area contributed by atoms with E-state index in [-0.39, 0.29) is 5.56 Å². The van der Waals surface area contributed by atoms with Crippen molar-refractivity contribution in [3.63, 3.8) is 0 Å². The number of hydrogen-bond donors (Lipinski definition) is 1. The summed E-state index contributed by atoms with van der Waals surface area (Å²) in [5.74, 6) is -0.551. The summed E-state index contributed by atoms with van der Waals surface area (Å²) in [5.41, 5.74) is 1.73. The Balaban J connectivity index is 2.29. The second-order valence-electron chi connectivity index (χ2n) is 3.93. The molecule has 1 amide bonds. The van der Waals surface area contributed by atoms with Gasteiger partial charge in [-0.15, -0.1) is 0 Å². The summed E-state index contributed by atoms with van der Waals surface area (Å²) in [4.78, 5) is 12.0. The molecule has 2 aromatic carbocycles. The number of aryl methyl sites for hydroxylation is 1. The molecule has 92 valence electrons. The minimum Gasteiger partial charge on any atom is -0.281 e. The van der Waals surface area contributed by atoms with Crippen LogP contribution in [0.25, 0.3) is 0 Å². The van der Waals surface area contributed by atoms with Gasteiger partial charge in [0.05, 0.1) is 16.3 Å². The van der Waals surface area contributed by atoms with Gasteiger partial charge in [-0.05, 0) is 31.2 Å². The molecule has 2 aromatic rings. The number of halogens is 1. The van der Waals surface area contributed by atoms with E-state index >= 15 is 0 Å². The lowest BCUT2D eigenvalue weighted by Gasteiger charge is -2.15. The van der Waals surface area contributed by atoms with Crippen molar-refractivity contribution in [3.05, 3.63) is 64.7 Å². The smallest absolute Gasteiger partial charge is 0.281 e. The number of hydrogen-bond acceptors (Lipinski definition) is 2. The van der Waals surface area contributed by atoms with Gasteiger partial charge in [-0.2, -0.15) is 5.06 Å². The molecule has 0 aromatic heterocycles. The van der Waals surface area contributed by atoms with E-state index in [0.717, 1.165) is 5.56 Å². The monoisotopic (exact) mass is 261 g/mol. The summed E-state index contributed by atoms with van der Waals surface area (Å²) in [6, 6.07) is 13.6. The average Bonchev–Trinajstić information content (AvgIpc) is 2.38. The van der Waals surface area contributed by atoms with Gasteiger partial charge in [-0.25, -0.2) is 0 Å². The molecular weight excluding hydrogens is 250 g/mol. The van der Waals surface area contributed by atoms with Crippen LogP contribution in [-0.2, 0) is 0 Å². The van der Waals surface area contributed by atoms with Crippen molar-refractivity contribution in [1.82, 2.24) is 0 Å². The maximum atomic E-state index is 12.0. The zero-order valence-corrected chi connectivity index (χ0v) is 10.6. The first-order valence-electron chi connectivity index (χ1n) is 5.44. The van der Waals surface area contributed by atoms with Crippen LogP contribution in [0.1, 0.15) is 15.9 Å². The van der Waals surface area contributed by atoms with Crippen molar-refractivity contribution in [2.75, 3.05) is 5.06 Å². The van der Waals surface area contributed by atoms with E-state index in [1.54, 1.807) is 36.4 Å². The van der Waals surface area contributed by atoms with Gasteiger partial charge in [0.1, 0.15) is 0 Å². The van der Waals surface area contributed by atoms with E-state index in [9.17, 15) is 10.0 Å². The molecule has 0 aliphatic rings. The summed E-state index contributed by atoms with van der Waals surface area (Å²) < 4.78 is 0. The summed E-state index contributed by atoms with van der Waals surface area (Å²) in [6.45, 7) is 1.93. The molecule has 3 nitrogen and oxygen atoms in total. The second kappa shape index (κ2) is 5.21. The van der Waals surface area contributed by atoms with Crippen molar-refractivity contribution >= 4 is 23.2 Å². The van der Waals surface area contributed by atoms with E-state index in [1.165, 1.54) is 0 Å². The fourth-order valence-corrected chi connectivity index (χ4v) is 1.77. The van der Waals surface area contributed by atoms with Crippen LogP contribution in [0.2, 0.25) is 5.02 Å². The Labute approximate surface area is 110 Å². The molecule has 0 aliphatic heterocycles. The molecule has 0 radical (unpaired) electrons. The third-order valence-electron chi connectivity index (χ3n) is 2.58. The molecule has 0 heterocycles. The number of hydroxylamine groups is 1. The first-order valence-corrected chi connectivity index (χ1v) is 5.82. The summed E-state index contributed by atoms with van der Waals surface area (Å²) in [5, 5.41) is 10.8. The largest absolute Gasteiger partial charge is 0.283 e. The number of amides is 1. The van der Waals surface area contributed by atoms with E-state index in [1.807, 2.05) is 19.1 Å². The van der Waals surface area contributed by atoms with Gasteiger partial charge in [0, 0.05) is 0 Å². The van der Waals surface area contributed by atoms with Crippen LogP contribution >= 0.6 is 11.6 Å². The van der Waals surface area contributed by atoms with Gasteiger partial charge in [0.25, 0.3) is 5.91 Å². The van der Waals surface area contributed by atoms with Crippen LogP contribution in [-0.4, -0.2) is 11.1 Å².